The molecule has 2 N–H and O–H groups in total. The molecule has 0 aromatic heterocycles. The van der Waals surface area contributed by atoms with Gasteiger partial charge in [0.2, 0.25) is 11.8 Å². The monoisotopic (exact) mass is 436 g/mol. The average Bonchev–Trinajstić information content (AvgIpc) is 2.81. The third-order valence-electron chi connectivity index (χ3n) is 6.58. The van der Waals surface area contributed by atoms with Crippen molar-refractivity contribution in [3.8, 4) is 0 Å². The second-order valence-electron chi connectivity index (χ2n) is 9.19. The van der Waals surface area contributed by atoms with Gasteiger partial charge in [-0.1, -0.05) is 29.9 Å². The highest BCUT2D eigenvalue weighted by Crippen LogP contribution is 2.32. The number of nitrogens with zero attached hydrogens (tertiary/aromatic N) is 2. The first-order chi connectivity index (χ1) is 15.4. The van der Waals surface area contributed by atoms with E-state index >= 15 is 0 Å². The van der Waals surface area contributed by atoms with Crippen molar-refractivity contribution in [1.82, 2.24) is 15.6 Å². The van der Waals surface area contributed by atoms with E-state index in [0.29, 0.717) is 24.1 Å². The fourth-order valence-corrected chi connectivity index (χ4v) is 4.61. The molecule has 1 aliphatic carbocycles. The number of rotatable bonds is 5. The van der Waals surface area contributed by atoms with Crippen molar-refractivity contribution in [2.45, 2.75) is 45.6 Å². The van der Waals surface area contributed by atoms with Crippen LogP contribution in [0.1, 0.15) is 49.9 Å². The minimum atomic E-state index is -0.345. The standard InChI is InChI=1S/C25H32N4O3/c1-17(2)10-13-28-14-11-19(12-15-28)26-23(30)18-6-5-7-20(16-18)29-25(32)22-9-4-3-8-21(22)24(31)27-29/h3-7,10,16,19,21-22H,8-9,11-15H2,1-2H3,(H,26,30)(H,27,31). The second kappa shape index (κ2) is 9.69. The van der Waals surface area contributed by atoms with Gasteiger partial charge in [-0.25, -0.2) is 5.01 Å². The summed E-state index contributed by atoms with van der Waals surface area (Å²) in [6.45, 7) is 7.08. The number of hydrogen-bond acceptors (Lipinski definition) is 4. The van der Waals surface area contributed by atoms with Gasteiger partial charge < -0.3 is 5.32 Å². The highest BCUT2D eigenvalue weighted by Gasteiger charge is 2.42. The van der Waals surface area contributed by atoms with Crippen LogP contribution < -0.4 is 15.8 Å². The number of amides is 3. The smallest absolute Gasteiger partial charge is 0.251 e. The predicted molar refractivity (Wildman–Crippen MR) is 124 cm³/mol. The normalized spacial score (nSPS) is 24.0. The van der Waals surface area contributed by atoms with E-state index < -0.39 is 0 Å². The molecule has 0 radical (unpaired) electrons. The lowest BCUT2D eigenvalue weighted by Gasteiger charge is -2.38. The van der Waals surface area contributed by atoms with Crippen molar-refractivity contribution in [3.63, 3.8) is 0 Å². The van der Waals surface area contributed by atoms with Crippen LogP contribution in [-0.2, 0) is 9.59 Å². The number of carbonyl (C=O) groups is 3. The Morgan fingerprint density at radius 3 is 2.56 bits per heavy atom. The Bertz CT molecular complexity index is 942. The zero-order chi connectivity index (χ0) is 22.7. The number of nitrogens with one attached hydrogen (secondary N) is 2. The van der Waals surface area contributed by atoms with Crippen LogP contribution in [0.2, 0.25) is 0 Å². The van der Waals surface area contributed by atoms with Crippen LogP contribution in [0.3, 0.4) is 0 Å². The van der Waals surface area contributed by atoms with E-state index in [4.69, 9.17) is 0 Å². The quantitative estimate of drug-likeness (QED) is 0.696. The first kappa shape index (κ1) is 22.3. The van der Waals surface area contributed by atoms with Gasteiger partial charge in [0.1, 0.15) is 0 Å². The summed E-state index contributed by atoms with van der Waals surface area (Å²) in [6, 6.07) is 7.05. The molecular formula is C25H32N4O3. The zero-order valence-electron chi connectivity index (χ0n) is 18.8. The molecule has 2 saturated heterocycles. The highest BCUT2D eigenvalue weighted by atomic mass is 16.2. The molecule has 2 unspecified atom stereocenters. The summed E-state index contributed by atoms with van der Waals surface area (Å²) in [5.41, 5.74) is 5.04. The van der Waals surface area contributed by atoms with E-state index in [1.807, 2.05) is 12.2 Å². The molecule has 0 saturated carbocycles. The minimum Gasteiger partial charge on any atom is -0.349 e. The van der Waals surface area contributed by atoms with Gasteiger partial charge in [-0.3, -0.25) is 24.7 Å². The number of hydrazine groups is 1. The van der Waals surface area contributed by atoms with Gasteiger partial charge in [0.05, 0.1) is 17.5 Å². The molecule has 170 valence electrons. The first-order valence-electron chi connectivity index (χ1n) is 11.5. The van der Waals surface area contributed by atoms with Gasteiger partial charge in [-0.05, 0) is 57.7 Å². The van der Waals surface area contributed by atoms with Crippen molar-refractivity contribution in [3.05, 3.63) is 53.6 Å². The van der Waals surface area contributed by atoms with Crippen molar-refractivity contribution in [1.29, 1.82) is 0 Å². The molecule has 32 heavy (non-hydrogen) atoms. The van der Waals surface area contributed by atoms with Crippen molar-refractivity contribution in [2.24, 2.45) is 11.8 Å². The summed E-state index contributed by atoms with van der Waals surface area (Å²) in [5, 5.41) is 4.44. The van der Waals surface area contributed by atoms with Gasteiger partial charge in [0.25, 0.3) is 5.91 Å². The second-order valence-corrected chi connectivity index (χ2v) is 9.19. The predicted octanol–water partition coefficient (Wildman–Crippen LogP) is 2.81. The zero-order valence-corrected chi connectivity index (χ0v) is 18.8. The van der Waals surface area contributed by atoms with Crippen LogP contribution in [0, 0.1) is 11.8 Å². The Morgan fingerprint density at radius 1 is 1.12 bits per heavy atom. The molecule has 1 aromatic rings. The van der Waals surface area contributed by atoms with E-state index in [1.165, 1.54) is 10.6 Å². The summed E-state index contributed by atoms with van der Waals surface area (Å²) >= 11 is 0. The molecule has 1 aromatic carbocycles. The Morgan fingerprint density at radius 2 is 1.84 bits per heavy atom. The van der Waals surface area contributed by atoms with Gasteiger partial charge in [0, 0.05) is 31.2 Å². The topological polar surface area (TPSA) is 81.8 Å². The highest BCUT2D eigenvalue weighted by molar-refractivity contribution is 6.05. The number of benzene rings is 1. The van der Waals surface area contributed by atoms with E-state index in [2.05, 4.69) is 35.6 Å². The lowest BCUT2D eigenvalue weighted by molar-refractivity contribution is -0.139. The molecule has 7 heteroatoms. The first-order valence-corrected chi connectivity index (χ1v) is 11.5. The van der Waals surface area contributed by atoms with Crippen LogP contribution in [0.15, 0.2) is 48.1 Å². The van der Waals surface area contributed by atoms with Crippen molar-refractivity contribution >= 4 is 23.4 Å². The maximum absolute atomic E-state index is 13.0. The van der Waals surface area contributed by atoms with Gasteiger partial charge >= 0.3 is 0 Å². The summed E-state index contributed by atoms with van der Waals surface area (Å²) < 4.78 is 0. The summed E-state index contributed by atoms with van der Waals surface area (Å²) in [6.07, 6.45) is 9.15. The summed E-state index contributed by atoms with van der Waals surface area (Å²) in [4.78, 5) is 40.8. The van der Waals surface area contributed by atoms with Crippen LogP contribution in [-0.4, -0.2) is 48.3 Å². The lowest BCUT2D eigenvalue weighted by atomic mass is 9.80. The number of anilines is 1. The molecule has 7 nitrogen and oxygen atoms in total. The maximum Gasteiger partial charge on any atom is 0.251 e. The molecule has 4 rings (SSSR count). The Labute approximate surface area is 189 Å². The average molecular weight is 437 g/mol. The van der Waals surface area contributed by atoms with Crippen molar-refractivity contribution in [2.75, 3.05) is 24.6 Å². The molecule has 0 spiro atoms. The molecule has 2 fully saturated rings. The van der Waals surface area contributed by atoms with E-state index in [0.717, 1.165) is 32.5 Å². The molecule has 2 aliphatic heterocycles. The Balaban J connectivity index is 1.38. The van der Waals surface area contributed by atoms with E-state index in [1.54, 1.807) is 24.3 Å². The number of piperidine rings is 1. The molecule has 3 aliphatic rings. The largest absolute Gasteiger partial charge is 0.349 e. The summed E-state index contributed by atoms with van der Waals surface area (Å²) in [5.74, 6) is -1.07. The maximum atomic E-state index is 13.0. The van der Waals surface area contributed by atoms with E-state index in [9.17, 15) is 14.4 Å². The Kier molecular flexibility index (Phi) is 6.74. The number of fused-ring (bicyclic) bond motifs is 1. The minimum absolute atomic E-state index is 0.125. The molecule has 0 bridgehead atoms. The Hall–Kier alpha value is -2.93. The van der Waals surface area contributed by atoms with Crippen LogP contribution in [0.5, 0.6) is 0 Å². The van der Waals surface area contributed by atoms with Gasteiger partial charge in [-0.15, -0.1) is 0 Å². The lowest BCUT2D eigenvalue weighted by Crippen LogP contribution is -2.59. The van der Waals surface area contributed by atoms with Crippen molar-refractivity contribution < 1.29 is 14.4 Å². The number of likely N-dealkylation sites (tertiary alicyclic amines) is 1. The SMILES string of the molecule is CC(C)=CCN1CCC(NC(=O)c2cccc(N3NC(=O)C4CC=CCC4C3=O)c2)CC1. The molecule has 2 heterocycles. The fraction of sp³-hybridized carbons (Fsp3) is 0.480. The summed E-state index contributed by atoms with van der Waals surface area (Å²) in [7, 11) is 0. The third kappa shape index (κ3) is 4.93. The van der Waals surface area contributed by atoms with Crippen LogP contribution in [0.4, 0.5) is 5.69 Å². The fourth-order valence-electron chi connectivity index (χ4n) is 4.61. The molecular weight excluding hydrogens is 404 g/mol. The molecule has 2 atom stereocenters. The number of hydrogen-bond donors (Lipinski definition) is 2. The van der Waals surface area contributed by atoms with E-state index in [-0.39, 0.29) is 35.6 Å². The molecule has 3 amide bonds. The third-order valence-corrected chi connectivity index (χ3v) is 6.58. The van der Waals surface area contributed by atoms with Crippen LogP contribution in [0.25, 0.3) is 0 Å². The van der Waals surface area contributed by atoms with Crippen LogP contribution >= 0.6 is 0 Å². The number of carbonyl (C=O) groups excluding carboxylic acids is 3. The number of allylic oxidation sites excluding steroid dienone is 3. The van der Waals surface area contributed by atoms with Gasteiger partial charge in [-0.2, -0.15) is 0 Å². The van der Waals surface area contributed by atoms with Gasteiger partial charge in [0.15, 0.2) is 0 Å².